The Morgan fingerprint density at radius 3 is 2.48 bits per heavy atom. The van der Waals surface area contributed by atoms with E-state index < -0.39 is 6.61 Å². The summed E-state index contributed by atoms with van der Waals surface area (Å²) in [6, 6.07) is 4.96. The number of ether oxygens (including phenoxy) is 3. The van der Waals surface area contributed by atoms with Crippen molar-refractivity contribution >= 4 is 12.1 Å². The molecule has 1 aromatic carbocycles. The highest BCUT2D eigenvalue weighted by Gasteiger charge is 2.23. The lowest BCUT2D eigenvalue weighted by molar-refractivity contribution is -0.0512. The number of hydrogen-bond donors (Lipinski definition) is 1. The highest BCUT2D eigenvalue weighted by molar-refractivity contribution is 5.80. The highest BCUT2D eigenvalue weighted by atomic mass is 19.3. The molecule has 1 fully saturated rings. The third-order valence-electron chi connectivity index (χ3n) is 4.46. The monoisotopic (exact) mass is 414 g/mol. The van der Waals surface area contributed by atoms with E-state index in [0.717, 1.165) is 11.5 Å². The van der Waals surface area contributed by atoms with E-state index in [-0.39, 0.29) is 17.6 Å². The number of piperazine rings is 1. The van der Waals surface area contributed by atoms with E-state index in [1.807, 2.05) is 0 Å². The number of carbonyl (C=O) groups is 1. The molecular formula is C19H28F2N4O4. The van der Waals surface area contributed by atoms with Gasteiger partial charge in [0.05, 0.1) is 13.7 Å². The molecule has 8 nitrogen and oxygen atoms in total. The van der Waals surface area contributed by atoms with Crippen LogP contribution in [-0.4, -0.2) is 82.0 Å². The molecule has 1 aliphatic heterocycles. The zero-order valence-corrected chi connectivity index (χ0v) is 17.0. The van der Waals surface area contributed by atoms with Gasteiger partial charge in [-0.15, -0.1) is 0 Å². The Kier molecular flexibility index (Phi) is 8.75. The van der Waals surface area contributed by atoms with E-state index in [0.29, 0.717) is 45.8 Å². The SMILES string of the molecule is CCOC(=O)N1CCN(C(=NC)NCCc2ccc(OC)c(OC(F)F)c2)CC1. The maximum Gasteiger partial charge on any atom is 0.409 e. The third-order valence-corrected chi connectivity index (χ3v) is 4.46. The van der Waals surface area contributed by atoms with Gasteiger partial charge < -0.3 is 29.3 Å². The van der Waals surface area contributed by atoms with Crippen LogP contribution in [0.25, 0.3) is 0 Å². The van der Waals surface area contributed by atoms with Crippen molar-refractivity contribution < 1.29 is 27.8 Å². The molecule has 1 heterocycles. The van der Waals surface area contributed by atoms with Gasteiger partial charge in [0.2, 0.25) is 0 Å². The van der Waals surface area contributed by atoms with Crippen molar-refractivity contribution in [3.8, 4) is 11.5 Å². The average Bonchev–Trinajstić information content (AvgIpc) is 2.71. The van der Waals surface area contributed by atoms with Gasteiger partial charge in [-0.3, -0.25) is 4.99 Å². The van der Waals surface area contributed by atoms with E-state index in [4.69, 9.17) is 9.47 Å². The topological polar surface area (TPSA) is 75.6 Å². The molecule has 2 rings (SSSR count). The Balaban J connectivity index is 1.85. The fourth-order valence-corrected chi connectivity index (χ4v) is 3.03. The first-order valence-corrected chi connectivity index (χ1v) is 9.47. The highest BCUT2D eigenvalue weighted by Crippen LogP contribution is 2.29. The van der Waals surface area contributed by atoms with Gasteiger partial charge >= 0.3 is 12.7 Å². The Labute approximate surface area is 169 Å². The number of benzene rings is 1. The lowest BCUT2D eigenvalue weighted by Gasteiger charge is -2.35. The molecular weight excluding hydrogens is 386 g/mol. The lowest BCUT2D eigenvalue weighted by atomic mass is 10.1. The quantitative estimate of drug-likeness (QED) is 0.545. The minimum Gasteiger partial charge on any atom is -0.493 e. The minimum atomic E-state index is -2.91. The molecule has 1 saturated heterocycles. The smallest absolute Gasteiger partial charge is 0.409 e. The summed E-state index contributed by atoms with van der Waals surface area (Å²) in [5.74, 6) is 1.00. The Morgan fingerprint density at radius 1 is 1.21 bits per heavy atom. The predicted octanol–water partition coefficient (Wildman–Crippen LogP) is 2.19. The number of nitrogens with zero attached hydrogens (tertiary/aromatic N) is 3. The molecule has 1 aromatic rings. The summed E-state index contributed by atoms with van der Waals surface area (Å²) in [5.41, 5.74) is 0.830. The first kappa shape index (κ1) is 22.5. The number of halogens is 2. The normalized spacial score (nSPS) is 14.8. The number of amides is 1. The molecule has 29 heavy (non-hydrogen) atoms. The minimum absolute atomic E-state index is 0.0134. The summed E-state index contributed by atoms with van der Waals surface area (Å²) < 4.78 is 39.7. The number of aliphatic imine (C=N–C) groups is 1. The number of alkyl halides is 2. The van der Waals surface area contributed by atoms with Crippen molar-refractivity contribution in [1.29, 1.82) is 0 Å². The molecule has 0 atom stereocenters. The van der Waals surface area contributed by atoms with Crippen LogP contribution in [-0.2, 0) is 11.2 Å². The molecule has 0 saturated carbocycles. The van der Waals surface area contributed by atoms with E-state index in [9.17, 15) is 13.6 Å². The molecule has 162 valence electrons. The van der Waals surface area contributed by atoms with Crippen LogP contribution < -0.4 is 14.8 Å². The predicted molar refractivity (Wildman–Crippen MR) is 105 cm³/mol. The van der Waals surface area contributed by atoms with Gasteiger partial charge in [0.15, 0.2) is 17.5 Å². The van der Waals surface area contributed by atoms with Crippen LogP contribution in [0.4, 0.5) is 13.6 Å². The van der Waals surface area contributed by atoms with Gasteiger partial charge in [-0.1, -0.05) is 6.07 Å². The van der Waals surface area contributed by atoms with Crippen molar-refractivity contribution in [3.63, 3.8) is 0 Å². The average molecular weight is 414 g/mol. The zero-order chi connectivity index (χ0) is 21.2. The second-order valence-electron chi connectivity index (χ2n) is 6.26. The first-order chi connectivity index (χ1) is 14.0. The van der Waals surface area contributed by atoms with Crippen molar-refractivity contribution in [3.05, 3.63) is 23.8 Å². The largest absolute Gasteiger partial charge is 0.493 e. The molecule has 0 aromatic heterocycles. The molecule has 0 spiro atoms. The van der Waals surface area contributed by atoms with Gasteiger partial charge in [0, 0.05) is 39.8 Å². The summed E-state index contributed by atoms with van der Waals surface area (Å²) in [4.78, 5) is 19.8. The molecule has 0 bridgehead atoms. The maximum absolute atomic E-state index is 12.6. The van der Waals surface area contributed by atoms with Gasteiger partial charge in [-0.05, 0) is 31.0 Å². The second-order valence-corrected chi connectivity index (χ2v) is 6.26. The number of nitrogens with one attached hydrogen (secondary N) is 1. The maximum atomic E-state index is 12.6. The lowest BCUT2D eigenvalue weighted by Crippen LogP contribution is -2.54. The molecule has 10 heteroatoms. The fraction of sp³-hybridized carbons (Fsp3) is 0.579. The number of methoxy groups -OCH3 is 1. The standard InChI is InChI=1S/C19H28F2N4O4/c1-4-28-19(26)25-11-9-24(10-12-25)18(22-2)23-8-7-14-5-6-15(27-3)16(13-14)29-17(20)21/h5-6,13,17H,4,7-12H2,1-3H3,(H,22,23). The summed E-state index contributed by atoms with van der Waals surface area (Å²) in [6.07, 6.45) is 0.294. The zero-order valence-electron chi connectivity index (χ0n) is 17.0. The summed E-state index contributed by atoms with van der Waals surface area (Å²) in [6.45, 7) is 2.21. The Morgan fingerprint density at radius 2 is 1.90 bits per heavy atom. The van der Waals surface area contributed by atoms with E-state index >= 15 is 0 Å². The van der Waals surface area contributed by atoms with Crippen LogP contribution in [0.2, 0.25) is 0 Å². The van der Waals surface area contributed by atoms with Gasteiger partial charge in [-0.2, -0.15) is 8.78 Å². The van der Waals surface area contributed by atoms with Crippen molar-refractivity contribution in [2.45, 2.75) is 20.0 Å². The fourth-order valence-electron chi connectivity index (χ4n) is 3.03. The van der Waals surface area contributed by atoms with Gasteiger partial charge in [0.1, 0.15) is 0 Å². The van der Waals surface area contributed by atoms with E-state index in [1.54, 1.807) is 37.1 Å². The number of guanidine groups is 1. The van der Waals surface area contributed by atoms with E-state index in [2.05, 4.69) is 19.9 Å². The number of rotatable bonds is 7. The second kappa shape index (κ2) is 11.3. The molecule has 1 aliphatic rings. The third kappa shape index (κ3) is 6.65. The molecule has 0 unspecified atom stereocenters. The molecule has 0 radical (unpaired) electrons. The van der Waals surface area contributed by atoms with Crippen LogP contribution >= 0.6 is 0 Å². The number of carbonyl (C=O) groups excluding carboxylic acids is 1. The van der Waals surface area contributed by atoms with Crippen LogP contribution in [0, 0.1) is 0 Å². The number of hydrogen-bond acceptors (Lipinski definition) is 5. The summed E-state index contributed by atoms with van der Waals surface area (Å²) in [5, 5.41) is 3.27. The van der Waals surface area contributed by atoms with E-state index in [1.165, 1.54) is 7.11 Å². The van der Waals surface area contributed by atoms with Crippen molar-refractivity contribution in [2.75, 3.05) is 53.5 Å². The Bertz CT molecular complexity index is 695. The Hall–Kier alpha value is -2.78. The van der Waals surface area contributed by atoms with Crippen LogP contribution in [0.1, 0.15) is 12.5 Å². The van der Waals surface area contributed by atoms with Gasteiger partial charge in [0.25, 0.3) is 0 Å². The molecule has 1 amide bonds. The van der Waals surface area contributed by atoms with Crippen LogP contribution in [0.5, 0.6) is 11.5 Å². The van der Waals surface area contributed by atoms with Gasteiger partial charge in [-0.25, -0.2) is 4.79 Å². The van der Waals surface area contributed by atoms with Crippen molar-refractivity contribution in [1.82, 2.24) is 15.1 Å². The summed E-state index contributed by atoms with van der Waals surface area (Å²) in [7, 11) is 3.10. The molecule has 1 N–H and O–H groups in total. The van der Waals surface area contributed by atoms with Crippen molar-refractivity contribution in [2.24, 2.45) is 4.99 Å². The van der Waals surface area contributed by atoms with Crippen LogP contribution in [0.15, 0.2) is 23.2 Å². The molecule has 0 aliphatic carbocycles. The van der Waals surface area contributed by atoms with Crippen LogP contribution in [0.3, 0.4) is 0 Å². The first-order valence-electron chi connectivity index (χ1n) is 9.47. The summed E-state index contributed by atoms with van der Waals surface area (Å²) >= 11 is 0.